The van der Waals surface area contributed by atoms with Gasteiger partial charge in [-0.05, 0) is 11.6 Å². The summed E-state index contributed by atoms with van der Waals surface area (Å²) in [7, 11) is -1.61. The van der Waals surface area contributed by atoms with Crippen LogP contribution in [-0.2, 0) is 21.2 Å². The highest BCUT2D eigenvalue weighted by Crippen LogP contribution is 2.09. The van der Waals surface area contributed by atoms with E-state index in [-0.39, 0.29) is 4.90 Å². The summed E-state index contributed by atoms with van der Waals surface area (Å²) in [6.45, 7) is 0.371. The fraction of sp³-hybridized carbons (Fsp3) is 0.375. The molecular formula is C8H11NO3S. The Bertz CT molecular complexity index is 386. The van der Waals surface area contributed by atoms with E-state index < -0.39 is 9.84 Å². The van der Waals surface area contributed by atoms with Crippen LogP contribution in [0.2, 0.25) is 0 Å². The van der Waals surface area contributed by atoms with Crippen LogP contribution in [0.4, 0.5) is 0 Å². The third-order valence-corrected chi connectivity index (χ3v) is 2.59. The van der Waals surface area contributed by atoms with Crippen molar-refractivity contribution in [1.82, 2.24) is 4.98 Å². The summed E-state index contributed by atoms with van der Waals surface area (Å²) in [5.41, 5.74) is 0.755. The molecule has 0 saturated carbocycles. The quantitative estimate of drug-likeness (QED) is 0.719. The van der Waals surface area contributed by atoms with E-state index >= 15 is 0 Å². The first-order valence-electron chi connectivity index (χ1n) is 3.67. The number of ether oxygens (including phenoxy) is 1. The van der Waals surface area contributed by atoms with E-state index in [1.54, 1.807) is 19.4 Å². The predicted octanol–water partition coefficient (Wildman–Crippen LogP) is 0.632. The molecule has 1 aromatic rings. The maximum atomic E-state index is 11.1. The zero-order valence-electron chi connectivity index (χ0n) is 7.52. The van der Waals surface area contributed by atoms with E-state index in [0.29, 0.717) is 6.61 Å². The zero-order valence-corrected chi connectivity index (χ0v) is 8.34. The van der Waals surface area contributed by atoms with Gasteiger partial charge in [0.25, 0.3) is 0 Å². The molecule has 5 heteroatoms. The van der Waals surface area contributed by atoms with E-state index in [1.807, 2.05) is 0 Å². The second-order valence-electron chi connectivity index (χ2n) is 2.73. The topological polar surface area (TPSA) is 56.3 Å². The third-order valence-electron chi connectivity index (χ3n) is 1.51. The monoisotopic (exact) mass is 201 g/mol. The third kappa shape index (κ3) is 2.78. The standard InChI is InChI=1S/C8H11NO3S/c1-12-6-7-3-8(5-9-4-7)13(2,10)11/h3-5H,6H2,1-2H3. The molecule has 4 nitrogen and oxygen atoms in total. The van der Waals surface area contributed by atoms with Crippen LogP contribution in [0.15, 0.2) is 23.4 Å². The highest BCUT2D eigenvalue weighted by molar-refractivity contribution is 7.90. The summed E-state index contributed by atoms with van der Waals surface area (Å²) in [5.74, 6) is 0. The Kier molecular flexibility index (Phi) is 3.00. The van der Waals surface area contributed by atoms with Gasteiger partial charge >= 0.3 is 0 Å². The summed E-state index contributed by atoms with van der Waals surface area (Å²) < 4.78 is 27.1. The Morgan fingerprint density at radius 2 is 2.15 bits per heavy atom. The maximum Gasteiger partial charge on any atom is 0.177 e. The SMILES string of the molecule is COCc1cncc(S(C)(=O)=O)c1. The second kappa shape index (κ2) is 3.85. The van der Waals surface area contributed by atoms with Crippen molar-refractivity contribution in [1.29, 1.82) is 0 Å². The van der Waals surface area contributed by atoms with Crippen LogP contribution in [-0.4, -0.2) is 26.8 Å². The number of sulfone groups is 1. The second-order valence-corrected chi connectivity index (χ2v) is 4.75. The molecule has 0 N–H and O–H groups in total. The van der Waals surface area contributed by atoms with Crippen LogP contribution >= 0.6 is 0 Å². The number of aromatic nitrogens is 1. The number of nitrogens with zero attached hydrogens (tertiary/aromatic N) is 1. The minimum atomic E-state index is -3.16. The molecule has 0 radical (unpaired) electrons. The normalized spacial score (nSPS) is 11.5. The number of pyridine rings is 1. The Hall–Kier alpha value is -0.940. The van der Waals surface area contributed by atoms with Crippen molar-refractivity contribution in [2.45, 2.75) is 11.5 Å². The van der Waals surface area contributed by atoms with Gasteiger partial charge in [-0.2, -0.15) is 0 Å². The summed E-state index contributed by atoms with van der Waals surface area (Å²) in [5, 5.41) is 0. The lowest BCUT2D eigenvalue weighted by atomic mass is 10.3. The fourth-order valence-electron chi connectivity index (χ4n) is 0.912. The molecule has 0 aliphatic rings. The average molecular weight is 201 g/mol. The minimum absolute atomic E-state index is 0.224. The highest BCUT2D eigenvalue weighted by Gasteiger charge is 2.07. The lowest BCUT2D eigenvalue weighted by molar-refractivity contribution is 0.184. The van der Waals surface area contributed by atoms with E-state index in [0.717, 1.165) is 11.8 Å². The molecule has 0 saturated heterocycles. The molecular weight excluding hydrogens is 190 g/mol. The van der Waals surface area contributed by atoms with Gasteiger partial charge in [-0.25, -0.2) is 8.42 Å². The molecule has 72 valence electrons. The van der Waals surface area contributed by atoms with Crippen LogP contribution < -0.4 is 0 Å². The van der Waals surface area contributed by atoms with E-state index in [1.165, 1.54) is 6.20 Å². The van der Waals surface area contributed by atoms with Crippen molar-refractivity contribution in [2.75, 3.05) is 13.4 Å². The summed E-state index contributed by atoms with van der Waals surface area (Å²) in [6.07, 6.45) is 4.06. The van der Waals surface area contributed by atoms with Crippen molar-refractivity contribution >= 4 is 9.84 Å². The molecule has 0 spiro atoms. The van der Waals surface area contributed by atoms with Gasteiger partial charge in [0.05, 0.1) is 11.5 Å². The molecule has 0 bridgehead atoms. The first-order chi connectivity index (χ1) is 6.04. The van der Waals surface area contributed by atoms with Crippen LogP contribution in [0.1, 0.15) is 5.56 Å². The fourth-order valence-corrected chi connectivity index (χ4v) is 1.53. The molecule has 0 unspecified atom stereocenters. The van der Waals surface area contributed by atoms with Gasteiger partial charge in [0.2, 0.25) is 0 Å². The van der Waals surface area contributed by atoms with Crippen molar-refractivity contribution < 1.29 is 13.2 Å². The zero-order chi connectivity index (χ0) is 9.90. The average Bonchev–Trinajstić information content (AvgIpc) is 2.04. The van der Waals surface area contributed by atoms with E-state index in [4.69, 9.17) is 4.74 Å². The lowest BCUT2D eigenvalue weighted by Gasteiger charge is -2.01. The van der Waals surface area contributed by atoms with Gasteiger partial charge in [-0.3, -0.25) is 4.98 Å². The molecule has 13 heavy (non-hydrogen) atoms. The predicted molar refractivity (Wildman–Crippen MR) is 48.1 cm³/mol. The van der Waals surface area contributed by atoms with Crippen molar-refractivity contribution in [3.8, 4) is 0 Å². The molecule has 0 aliphatic heterocycles. The Labute approximate surface area is 77.5 Å². The smallest absolute Gasteiger partial charge is 0.177 e. The van der Waals surface area contributed by atoms with Gasteiger partial charge in [-0.1, -0.05) is 0 Å². The van der Waals surface area contributed by atoms with Crippen LogP contribution in [0.5, 0.6) is 0 Å². The van der Waals surface area contributed by atoms with Gasteiger partial charge < -0.3 is 4.74 Å². The number of hydrogen-bond donors (Lipinski definition) is 0. The van der Waals surface area contributed by atoms with Crippen LogP contribution in [0.3, 0.4) is 0 Å². The molecule has 1 aromatic heterocycles. The van der Waals surface area contributed by atoms with E-state index in [2.05, 4.69) is 4.98 Å². The Morgan fingerprint density at radius 3 is 2.69 bits per heavy atom. The summed E-state index contributed by atoms with van der Waals surface area (Å²) >= 11 is 0. The lowest BCUT2D eigenvalue weighted by Crippen LogP contribution is -1.99. The number of rotatable bonds is 3. The maximum absolute atomic E-state index is 11.1. The number of hydrogen-bond acceptors (Lipinski definition) is 4. The first kappa shape index (κ1) is 10.1. The van der Waals surface area contributed by atoms with Crippen molar-refractivity contribution in [2.24, 2.45) is 0 Å². The molecule has 1 heterocycles. The van der Waals surface area contributed by atoms with Gasteiger partial charge in [0.15, 0.2) is 9.84 Å². The molecule has 0 amide bonds. The molecule has 0 aromatic carbocycles. The summed E-state index contributed by atoms with van der Waals surface area (Å²) in [6, 6.07) is 1.56. The van der Waals surface area contributed by atoms with Gasteiger partial charge in [-0.15, -0.1) is 0 Å². The van der Waals surface area contributed by atoms with Gasteiger partial charge in [0.1, 0.15) is 0 Å². The highest BCUT2D eigenvalue weighted by atomic mass is 32.2. The molecule has 0 fully saturated rings. The number of methoxy groups -OCH3 is 1. The van der Waals surface area contributed by atoms with Crippen molar-refractivity contribution in [3.63, 3.8) is 0 Å². The van der Waals surface area contributed by atoms with Crippen LogP contribution in [0.25, 0.3) is 0 Å². The molecule has 0 atom stereocenters. The first-order valence-corrected chi connectivity index (χ1v) is 5.56. The van der Waals surface area contributed by atoms with Crippen molar-refractivity contribution in [3.05, 3.63) is 24.0 Å². The van der Waals surface area contributed by atoms with Crippen LogP contribution in [0, 0.1) is 0 Å². The largest absolute Gasteiger partial charge is 0.380 e. The Morgan fingerprint density at radius 1 is 1.46 bits per heavy atom. The minimum Gasteiger partial charge on any atom is -0.380 e. The molecule has 1 rings (SSSR count). The van der Waals surface area contributed by atoms with Gasteiger partial charge in [0, 0.05) is 25.8 Å². The summed E-state index contributed by atoms with van der Waals surface area (Å²) in [4.78, 5) is 4.03. The van der Waals surface area contributed by atoms with E-state index in [9.17, 15) is 8.42 Å². The molecule has 0 aliphatic carbocycles. The Balaban J connectivity index is 3.06.